The topological polar surface area (TPSA) is 77.2 Å². The van der Waals surface area contributed by atoms with Crippen LogP contribution in [0.5, 0.6) is 11.6 Å². The highest BCUT2D eigenvalue weighted by Crippen LogP contribution is 2.25. The molecular weight excluding hydrogens is 278 g/mol. The van der Waals surface area contributed by atoms with E-state index in [-0.39, 0.29) is 5.91 Å². The van der Waals surface area contributed by atoms with Gasteiger partial charge in [0.05, 0.1) is 6.04 Å². The summed E-state index contributed by atoms with van der Waals surface area (Å²) in [4.78, 5) is 15.7. The number of amides is 1. The minimum Gasteiger partial charge on any atom is -0.439 e. The lowest BCUT2D eigenvalue weighted by Gasteiger charge is -2.11. The lowest BCUT2D eigenvalue weighted by atomic mass is 10.1. The minimum absolute atomic E-state index is 0.186. The third kappa shape index (κ3) is 4.05. The fraction of sp³-hybridized carbons (Fsp3) is 0.294. The van der Waals surface area contributed by atoms with Gasteiger partial charge in [-0.3, -0.25) is 4.79 Å². The van der Waals surface area contributed by atoms with Crippen LogP contribution < -0.4 is 15.8 Å². The van der Waals surface area contributed by atoms with E-state index in [9.17, 15) is 4.79 Å². The molecule has 2 rings (SSSR count). The van der Waals surface area contributed by atoms with Crippen LogP contribution in [-0.4, -0.2) is 16.9 Å². The number of ether oxygens (including phenoxy) is 1. The Balaban J connectivity index is 2.08. The summed E-state index contributed by atoms with van der Waals surface area (Å²) in [5, 5.41) is 2.76. The molecule has 22 heavy (non-hydrogen) atoms. The number of pyridine rings is 1. The molecule has 1 heterocycles. The van der Waals surface area contributed by atoms with Crippen molar-refractivity contribution in [3.8, 4) is 11.6 Å². The van der Waals surface area contributed by atoms with Crippen molar-refractivity contribution in [2.45, 2.75) is 33.4 Å². The molecule has 0 saturated carbocycles. The van der Waals surface area contributed by atoms with E-state index in [1.807, 2.05) is 44.2 Å². The normalized spacial score (nSPS) is 11.8. The van der Waals surface area contributed by atoms with E-state index in [0.717, 1.165) is 22.4 Å². The first-order chi connectivity index (χ1) is 10.5. The standard InChI is InChI=1S/C17H21N3O2/c1-11-5-4-6-15(12(11)2)22-16-9-14(7-8-19-16)10-20-17(21)13(3)18/h4-9,13H,10,18H2,1-3H3,(H,20,21)/t13-/m1/s1. The van der Waals surface area contributed by atoms with Gasteiger partial charge in [-0.1, -0.05) is 12.1 Å². The van der Waals surface area contributed by atoms with Crippen molar-refractivity contribution in [3.05, 3.63) is 53.2 Å². The number of hydrogen-bond acceptors (Lipinski definition) is 4. The summed E-state index contributed by atoms with van der Waals surface area (Å²) in [5.41, 5.74) is 8.67. The van der Waals surface area contributed by atoms with Gasteiger partial charge in [-0.15, -0.1) is 0 Å². The largest absolute Gasteiger partial charge is 0.439 e. The van der Waals surface area contributed by atoms with Gasteiger partial charge in [0.2, 0.25) is 11.8 Å². The predicted molar refractivity (Wildman–Crippen MR) is 85.7 cm³/mol. The summed E-state index contributed by atoms with van der Waals surface area (Å²) in [6.45, 7) is 6.09. The highest BCUT2D eigenvalue weighted by atomic mass is 16.5. The van der Waals surface area contributed by atoms with E-state index in [0.29, 0.717) is 12.4 Å². The van der Waals surface area contributed by atoms with Crippen LogP contribution in [0.1, 0.15) is 23.6 Å². The average molecular weight is 299 g/mol. The van der Waals surface area contributed by atoms with Gasteiger partial charge in [-0.25, -0.2) is 4.98 Å². The molecule has 5 heteroatoms. The third-order valence-electron chi connectivity index (χ3n) is 3.45. The van der Waals surface area contributed by atoms with Gasteiger partial charge in [0.1, 0.15) is 5.75 Å². The number of nitrogens with zero attached hydrogens (tertiary/aromatic N) is 1. The molecule has 5 nitrogen and oxygen atoms in total. The van der Waals surface area contributed by atoms with Gasteiger partial charge in [0, 0.05) is 18.8 Å². The molecule has 0 unspecified atom stereocenters. The zero-order valence-electron chi connectivity index (χ0n) is 13.1. The SMILES string of the molecule is Cc1cccc(Oc2cc(CNC(=O)[C@@H](C)N)ccn2)c1C. The second-order valence-electron chi connectivity index (χ2n) is 5.31. The van der Waals surface area contributed by atoms with Gasteiger partial charge >= 0.3 is 0 Å². The van der Waals surface area contributed by atoms with Crippen molar-refractivity contribution in [2.75, 3.05) is 0 Å². The van der Waals surface area contributed by atoms with Gasteiger partial charge in [0.25, 0.3) is 0 Å². The van der Waals surface area contributed by atoms with Gasteiger partial charge in [0.15, 0.2) is 0 Å². The molecule has 0 bridgehead atoms. The average Bonchev–Trinajstić information content (AvgIpc) is 2.50. The van der Waals surface area contributed by atoms with Crippen LogP contribution in [-0.2, 0) is 11.3 Å². The minimum atomic E-state index is -0.521. The molecule has 1 amide bonds. The maximum Gasteiger partial charge on any atom is 0.236 e. The fourth-order valence-corrected chi connectivity index (χ4v) is 1.91. The van der Waals surface area contributed by atoms with Crippen molar-refractivity contribution < 1.29 is 9.53 Å². The second kappa shape index (κ2) is 7.04. The Labute approximate surface area is 130 Å². The quantitative estimate of drug-likeness (QED) is 0.889. The van der Waals surface area contributed by atoms with Crippen molar-refractivity contribution in [1.29, 1.82) is 0 Å². The van der Waals surface area contributed by atoms with Crippen molar-refractivity contribution in [3.63, 3.8) is 0 Å². The van der Waals surface area contributed by atoms with Gasteiger partial charge < -0.3 is 15.8 Å². The molecule has 0 fully saturated rings. The lowest BCUT2D eigenvalue weighted by Crippen LogP contribution is -2.37. The Hall–Kier alpha value is -2.40. The monoisotopic (exact) mass is 299 g/mol. The Bertz CT molecular complexity index is 669. The van der Waals surface area contributed by atoms with E-state index < -0.39 is 6.04 Å². The van der Waals surface area contributed by atoms with Crippen LogP contribution in [0.15, 0.2) is 36.5 Å². The molecular formula is C17H21N3O2. The Morgan fingerprint density at radius 1 is 1.36 bits per heavy atom. The van der Waals surface area contributed by atoms with E-state index in [4.69, 9.17) is 10.5 Å². The summed E-state index contributed by atoms with van der Waals surface area (Å²) >= 11 is 0. The summed E-state index contributed by atoms with van der Waals surface area (Å²) in [6, 6.07) is 9.02. The molecule has 116 valence electrons. The molecule has 1 aromatic heterocycles. The number of carbonyl (C=O) groups is 1. The predicted octanol–water partition coefficient (Wildman–Crippen LogP) is 2.45. The van der Waals surface area contributed by atoms with Crippen LogP contribution in [0.4, 0.5) is 0 Å². The maximum atomic E-state index is 11.5. The number of nitrogens with two attached hydrogens (primary N) is 1. The van der Waals surface area contributed by atoms with Gasteiger partial charge in [-0.05, 0) is 49.6 Å². The molecule has 0 aliphatic carbocycles. The zero-order valence-corrected chi connectivity index (χ0v) is 13.1. The Morgan fingerprint density at radius 3 is 2.86 bits per heavy atom. The van der Waals surface area contributed by atoms with E-state index in [2.05, 4.69) is 10.3 Å². The molecule has 0 aliphatic rings. The number of hydrogen-bond donors (Lipinski definition) is 2. The summed E-state index contributed by atoms with van der Waals surface area (Å²) < 4.78 is 5.84. The van der Waals surface area contributed by atoms with E-state index in [1.165, 1.54) is 0 Å². The highest BCUT2D eigenvalue weighted by Gasteiger charge is 2.08. The summed E-state index contributed by atoms with van der Waals surface area (Å²) in [7, 11) is 0. The Kier molecular flexibility index (Phi) is 5.12. The van der Waals surface area contributed by atoms with E-state index >= 15 is 0 Å². The number of nitrogens with one attached hydrogen (secondary N) is 1. The van der Waals surface area contributed by atoms with Crippen molar-refractivity contribution in [1.82, 2.24) is 10.3 Å². The number of carbonyl (C=O) groups excluding carboxylic acids is 1. The lowest BCUT2D eigenvalue weighted by molar-refractivity contribution is -0.122. The molecule has 0 spiro atoms. The molecule has 1 aromatic carbocycles. The first kappa shape index (κ1) is 16.0. The highest BCUT2D eigenvalue weighted by molar-refractivity contribution is 5.80. The van der Waals surface area contributed by atoms with Crippen LogP contribution in [0.25, 0.3) is 0 Å². The van der Waals surface area contributed by atoms with Crippen LogP contribution >= 0.6 is 0 Å². The van der Waals surface area contributed by atoms with Crippen molar-refractivity contribution in [2.24, 2.45) is 5.73 Å². The molecule has 0 aliphatic heterocycles. The van der Waals surface area contributed by atoms with Crippen LogP contribution in [0.2, 0.25) is 0 Å². The number of benzene rings is 1. The van der Waals surface area contributed by atoms with E-state index in [1.54, 1.807) is 13.1 Å². The number of aryl methyl sites for hydroxylation is 1. The molecule has 3 N–H and O–H groups in total. The zero-order chi connectivity index (χ0) is 16.1. The fourth-order valence-electron chi connectivity index (χ4n) is 1.91. The molecule has 1 atom stereocenters. The maximum absolute atomic E-state index is 11.5. The van der Waals surface area contributed by atoms with Crippen LogP contribution in [0.3, 0.4) is 0 Å². The smallest absolute Gasteiger partial charge is 0.236 e. The first-order valence-corrected chi connectivity index (χ1v) is 7.19. The molecule has 2 aromatic rings. The second-order valence-corrected chi connectivity index (χ2v) is 5.31. The molecule has 0 radical (unpaired) electrons. The molecule has 0 saturated heterocycles. The number of aromatic nitrogens is 1. The van der Waals surface area contributed by atoms with Crippen molar-refractivity contribution >= 4 is 5.91 Å². The first-order valence-electron chi connectivity index (χ1n) is 7.19. The Morgan fingerprint density at radius 2 is 2.14 bits per heavy atom. The third-order valence-corrected chi connectivity index (χ3v) is 3.45. The summed E-state index contributed by atoms with van der Waals surface area (Å²) in [5.74, 6) is 1.10. The van der Waals surface area contributed by atoms with Gasteiger partial charge in [-0.2, -0.15) is 0 Å². The summed E-state index contributed by atoms with van der Waals surface area (Å²) in [6.07, 6.45) is 1.66. The van der Waals surface area contributed by atoms with Crippen LogP contribution in [0, 0.1) is 13.8 Å². The number of rotatable bonds is 5.